The smallest absolute Gasteiger partial charge is 0.158 e. The van der Waals surface area contributed by atoms with E-state index in [9.17, 15) is 0 Å². The quantitative estimate of drug-likeness (QED) is 0.164. The molecule has 3 aromatic carbocycles. The van der Waals surface area contributed by atoms with Gasteiger partial charge in [0.15, 0.2) is 8.07 Å². The van der Waals surface area contributed by atoms with Crippen molar-refractivity contribution in [3.63, 3.8) is 0 Å². The molecule has 4 rings (SSSR count). The van der Waals surface area contributed by atoms with Gasteiger partial charge in [0.05, 0.1) is 0 Å². The van der Waals surface area contributed by atoms with E-state index in [-0.39, 0.29) is 5.54 Å². The van der Waals surface area contributed by atoms with Crippen LogP contribution < -0.4 is 15.6 Å². The van der Waals surface area contributed by atoms with Gasteiger partial charge in [-0.25, -0.2) is 0 Å². The van der Waals surface area contributed by atoms with Crippen LogP contribution >= 0.6 is 0 Å². The normalized spacial score (nSPS) is 15.0. The van der Waals surface area contributed by atoms with Crippen molar-refractivity contribution in [2.75, 3.05) is 0 Å². The van der Waals surface area contributed by atoms with Crippen LogP contribution in [0.3, 0.4) is 0 Å². The Hall–Kier alpha value is -4.14. The van der Waals surface area contributed by atoms with Crippen LogP contribution in [0.2, 0.25) is 5.54 Å². The lowest BCUT2D eigenvalue weighted by Crippen LogP contribution is -2.69. The van der Waals surface area contributed by atoms with Crippen molar-refractivity contribution in [1.82, 2.24) is 4.90 Å². The Morgan fingerprint density at radius 1 is 0.763 bits per heavy atom. The van der Waals surface area contributed by atoms with Crippen molar-refractivity contribution < 1.29 is 0 Å². The van der Waals surface area contributed by atoms with Crippen LogP contribution in [0, 0.1) is 0 Å². The average Bonchev–Trinajstić information content (AvgIpc) is 3.19. The third kappa shape index (κ3) is 5.41. The molecule has 1 nitrogen and oxygen atoms in total. The lowest BCUT2D eigenvalue weighted by molar-refractivity contribution is 0.557. The second-order valence-electron chi connectivity index (χ2n) is 9.82. The molecule has 0 saturated heterocycles. The highest BCUT2D eigenvalue weighted by Crippen LogP contribution is 2.31. The van der Waals surface area contributed by atoms with Crippen molar-refractivity contribution >= 4 is 23.6 Å². The number of benzene rings is 3. The van der Waals surface area contributed by atoms with Gasteiger partial charge in [0.2, 0.25) is 0 Å². The molecule has 0 fully saturated rings. The molecule has 0 N–H and O–H groups in total. The second-order valence-corrected chi connectivity index (χ2v) is 13.8. The van der Waals surface area contributed by atoms with E-state index in [0.29, 0.717) is 0 Å². The molecule has 0 radical (unpaired) electrons. The van der Waals surface area contributed by atoms with E-state index < -0.39 is 8.07 Å². The lowest BCUT2D eigenvalue weighted by Gasteiger charge is -2.38. The van der Waals surface area contributed by atoms with Gasteiger partial charge in [-0.1, -0.05) is 140 Å². The zero-order valence-corrected chi connectivity index (χ0v) is 23.7. The Balaban J connectivity index is 1.91. The molecule has 0 bridgehead atoms. The molecule has 0 heterocycles. The highest BCUT2D eigenvalue weighted by atomic mass is 28.3. The maximum absolute atomic E-state index is 4.33. The largest absolute Gasteiger partial charge is 0.315 e. The van der Waals surface area contributed by atoms with Crippen LogP contribution in [0.1, 0.15) is 20.8 Å². The van der Waals surface area contributed by atoms with Gasteiger partial charge in [-0.3, -0.25) is 0 Å². The minimum atomic E-state index is -2.50. The van der Waals surface area contributed by atoms with E-state index >= 15 is 0 Å². The Labute approximate surface area is 229 Å². The molecule has 2 heteroatoms. The van der Waals surface area contributed by atoms with Crippen LogP contribution in [-0.4, -0.2) is 13.0 Å². The molecular weight excluding hydrogens is 474 g/mol. The van der Waals surface area contributed by atoms with Gasteiger partial charge >= 0.3 is 0 Å². The zero-order chi connectivity index (χ0) is 27.0. The fraction of sp³-hybridized carbons (Fsp3) is 0.111. The summed E-state index contributed by atoms with van der Waals surface area (Å²) < 4.78 is 0. The van der Waals surface area contributed by atoms with Crippen molar-refractivity contribution in [2.45, 2.75) is 26.3 Å². The van der Waals surface area contributed by atoms with E-state index in [1.54, 1.807) is 0 Å². The first-order valence-electron chi connectivity index (χ1n) is 13.2. The van der Waals surface area contributed by atoms with Gasteiger partial charge in [-0.2, -0.15) is 0 Å². The molecular formula is C36H37NSi. The average molecular weight is 512 g/mol. The number of rotatable bonds is 9. The first-order chi connectivity index (χ1) is 18.5. The van der Waals surface area contributed by atoms with Crippen molar-refractivity contribution in [1.29, 1.82) is 0 Å². The SMILES string of the molecule is C=CC=CC(=C(C)C)N(C(=C)C)C1=CC=CC([Si](c2ccccc2)(c2ccccc2)c2ccccc2)C=C1. The van der Waals surface area contributed by atoms with E-state index in [0.717, 1.165) is 17.1 Å². The minimum Gasteiger partial charge on any atom is -0.315 e. The van der Waals surface area contributed by atoms with Crippen LogP contribution in [0.15, 0.2) is 175 Å². The topological polar surface area (TPSA) is 3.24 Å². The fourth-order valence-corrected chi connectivity index (χ4v) is 10.5. The molecule has 190 valence electrons. The number of allylic oxidation sites excluding steroid dienone is 10. The maximum atomic E-state index is 4.33. The first kappa shape index (κ1) is 26.9. The van der Waals surface area contributed by atoms with E-state index in [2.05, 4.69) is 166 Å². The summed E-state index contributed by atoms with van der Waals surface area (Å²) in [5.74, 6) is 0. The summed E-state index contributed by atoms with van der Waals surface area (Å²) in [4.78, 5) is 2.23. The van der Waals surface area contributed by atoms with Gasteiger partial charge in [-0.15, -0.1) is 0 Å². The summed E-state index contributed by atoms with van der Waals surface area (Å²) in [6, 6.07) is 33.3. The number of hydrogen-bond acceptors (Lipinski definition) is 1. The number of nitrogens with zero attached hydrogens (tertiary/aromatic N) is 1. The van der Waals surface area contributed by atoms with Gasteiger partial charge in [0.1, 0.15) is 0 Å². The summed E-state index contributed by atoms with van der Waals surface area (Å²) in [5, 5.41) is 4.20. The van der Waals surface area contributed by atoms with Crippen molar-refractivity contribution in [3.05, 3.63) is 175 Å². The molecule has 0 saturated carbocycles. The molecule has 0 amide bonds. The van der Waals surface area contributed by atoms with E-state index in [4.69, 9.17) is 0 Å². The molecule has 3 aromatic rings. The Kier molecular flexibility index (Phi) is 8.78. The second kappa shape index (κ2) is 12.4. The molecule has 1 unspecified atom stereocenters. The summed E-state index contributed by atoms with van der Waals surface area (Å²) >= 11 is 0. The van der Waals surface area contributed by atoms with Gasteiger partial charge in [0, 0.05) is 22.6 Å². The minimum absolute atomic E-state index is 0.203. The Morgan fingerprint density at radius 3 is 1.68 bits per heavy atom. The van der Waals surface area contributed by atoms with Crippen LogP contribution in [-0.2, 0) is 0 Å². The molecule has 0 aromatic heterocycles. The fourth-order valence-electron chi connectivity index (χ4n) is 5.40. The van der Waals surface area contributed by atoms with Crippen molar-refractivity contribution in [2.24, 2.45) is 0 Å². The summed E-state index contributed by atoms with van der Waals surface area (Å²) in [6.45, 7) is 14.5. The summed E-state index contributed by atoms with van der Waals surface area (Å²) in [7, 11) is -2.50. The molecule has 1 aliphatic carbocycles. The molecule has 38 heavy (non-hydrogen) atoms. The maximum Gasteiger partial charge on any atom is 0.158 e. The van der Waals surface area contributed by atoms with Crippen LogP contribution in [0.4, 0.5) is 0 Å². The molecule has 0 spiro atoms. The Morgan fingerprint density at radius 2 is 1.26 bits per heavy atom. The number of hydrogen-bond donors (Lipinski definition) is 0. The van der Waals surface area contributed by atoms with E-state index in [1.807, 2.05) is 12.2 Å². The highest BCUT2D eigenvalue weighted by Gasteiger charge is 2.44. The molecule has 1 aliphatic rings. The third-order valence-electron chi connectivity index (χ3n) is 7.03. The van der Waals surface area contributed by atoms with E-state index in [1.165, 1.54) is 21.1 Å². The monoisotopic (exact) mass is 511 g/mol. The van der Waals surface area contributed by atoms with Gasteiger partial charge in [-0.05, 0) is 54.6 Å². The predicted molar refractivity (Wildman–Crippen MR) is 168 cm³/mol. The summed E-state index contributed by atoms with van der Waals surface area (Å²) in [6.07, 6.45) is 17.4. The standard InChI is InChI=1S/C36H37NSi/c1-6-7-26-36(29(2)3)37(30(4)5)31-18-17-25-35(28-27-31)38(32-19-11-8-12-20-32,33-21-13-9-14-22-33)34-23-15-10-16-24-34/h6-28,35H,1,4H2,2-3,5H3. The van der Waals surface area contributed by atoms with Gasteiger partial charge < -0.3 is 4.90 Å². The predicted octanol–water partition coefficient (Wildman–Crippen LogP) is 7.41. The third-order valence-corrected chi connectivity index (χ3v) is 12.1. The Bertz CT molecular complexity index is 1310. The van der Waals surface area contributed by atoms with Crippen molar-refractivity contribution in [3.8, 4) is 0 Å². The molecule has 1 atom stereocenters. The zero-order valence-electron chi connectivity index (χ0n) is 22.7. The van der Waals surface area contributed by atoms with Gasteiger partial charge in [0.25, 0.3) is 0 Å². The van der Waals surface area contributed by atoms with Crippen LogP contribution in [0.5, 0.6) is 0 Å². The first-order valence-corrected chi connectivity index (χ1v) is 15.2. The lowest BCUT2D eigenvalue weighted by atomic mass is 10.1. The van der Waals surface area contributed by atoms with Crippen LogP contribution in [0.25, 0.3) is 0 Å². The highest BCUT2D eigenvalue weighted by molar-refractivity contribution is 7.13. The molecule has 0 aliphatic heterocycles. The summed E-state index contributed by atoms with van der Waals surface area (Å²) in [5.41, 5.74) is 4.59.